The second kappa shape index (κ2) is 6.52. The molecule has 0 bridgehead atoms. The van der Waals surface area contributed by atoms with Crippen LogP contribution in [0, 0.1) is 0 Å². The van der Waals surface area contributed by atoms with Gasteiger partial charge in [0.25, 0.3) is 0 Å². The number of carbonyl (C=O) groups excluding carboxylic acids is 1. The normalized spacial score (nSPS) is 14.8. The summed E-state index contributed by atoms with van der Waals surface area (Å²) in [5.74, 6) is 0.783. The molecule has 0 aliphatic carbocycles. The highest BCUT2D eigenvalue weighted by atomic mass is 16.5. The van der Waals surface area contributed by atoms with E-state index in [0.717, 1.165) is 43.9 Å². The van der Waals surface area contributed by atoms with E-state index in [9.17, 15) is 4.79 Å². The fourth-order valence-electron chi connectivity index (χ4n) is 2.87. The van der Waals surface area contributed by atoms with Crippen molar-refractivity contribution < 1.29 is 9.53 Å². The Labute approximate surface area is 130 Å². The lowest BCUT2D eigenvalue weighted by molar-refractivity contribution is 0.112. The molecule has 0 unspecified atom stereocenters. The second-order valence-electron chi connectivity index (χ2n) is 5.35. The van der Waals surface area contributed by atoms with Crippen molar-refractivity contribution in [3.05, 3.63) is 54.1 Å². The number of nitrogens with zero attached hydrogens (tertiary/aromatic N) is 2. The van der Waals surface area contributed by atoms with Crippen LogP contribution in [0.5, 0.6) is 5.75 Å². The Morgan fingerprint density at radius 1 is 0.955 bits per heavy atom. The van der Waals surface area contributed by atoms with Crippen LogP contribution in [-0.4, -0.2) is 39.6 Å². The van der Waals surface area contributed by atoms with Crippen LogP contribution in [-0.2, 0) is 0 Å². The molecule has 1 heterocycles. The van der Waals surface area contributed by atoms with Crippen molar-refractivity contribution in [3.8, 4) is 5.75 Å². The number of carbonyl (C=O) groups is 1. The minimum absolute atomic E-state index is 0.717. The van der Waals surface area contributed by atoms with Crippen LogP contribution >= 0.6 is 0 Å². The number of methoxy groups -OCH3 is 1. The largest absolute Gasteiger partial charge is 0.497 e. The average molecular weight is 296 g/mol. The Hall–Kier alpha value is -2.49. The summed E-state index contributed by atoms with van der Waals surface area (Å²) in [6, 6.07) is 16.0. The third-order valence-electron chi connectivity index (χ3n) is 4.11. The quantitative estimate of drug-likeness (QED) is 0.812. The molecule has 0 amide bonds. The minimum atomic E-state index is 0.717. The topological polar surface area (TPSA) is 32.8 Å². The van der Waals surface area contributed by atoms with E-state index < -0.39 is 0 Å². The number of anilines is 2. The van der Waals surface area contributed by atoms with Crippen LogP contribution in [0.25, 0.3) is 0 Å². The number of para-hydroxylation sites is 1. The van der Waals surface area contributed by atoms with Crippen LogP contribution in [0.1, 0.15) is 10.4 Å². The van der Waals surface area contributed by atoms with Gasteiger partial charge in [-0.05, 0) is 24.3 Å². The number of ether oxygens (including phenoxy) is 1. The van der Waals surface area contributed by atoms with Crippen molar-refractivity contribution in [2.75, 3.05) is 43.1 Å². The van der Waals surface area contributed by atoms with Gasteiger partial charge in [-0.25, -0.2) is 0 Å². The van der Waals surface area contributed by atoms with Gasteiger partial charge in [0.2, 0.25) is 0 Å². The molecule has 0 radical (unpaired) electrons. The summed E-state index contributed by atoms with van der Waals surface area (Å²) in [5.41, 5.74) is 2.93. The van der Waals surface area contributed by atoms with Crippen molar-refractivity contribution in [1.29, 1.82) is 0 Å². The Bertz CT molecular complexity index is 635. The zero-order valence-corrected chi connectivity index (χ0v) is 12.7. The summed E-state index contributed by atoms with van der Waals surface area (Å²) < 4.78 is 5.28. The predicted molar refractivity (Wildman–Crippen MR) is 89.2 cm³/mol. The summed E-state index contributed by atoms with van der Waals surface area (Å²) in [6.45, 7) is 3.67. The lowest BCUT2D eigenvalue weighted by Crippen LogP contribution is -2.46. The van der Waals surface area contributed by atoms with Crippen molar-refractivity contribution in [2.45, 2.75) is 0 Å². The molecule has 0 aromatic heterocycles. The van der Waals surface area contributed by atoms with Gasteiger partial charge in [-0.15, -0.1) is 0 Å². The van der Waals surface area contributed by atoms with E-state index >= 15 is 0 Å². The average Bonchev–Trinajstić information content (AvgIpc) is 2.62. The van der Waals surface area contributed by atoms with E-state index in [0.29, 0.717) is 5.56 Å². The predicted octanol–water partition coefficient (Wildman–Crippen LogP) is 2.83. The molecule has 1 aliphatic rings. The van der Waals surface area contributed by atoms with Gasteiger partial charge in [-0.1, -0.05) is 18.2 Å². The van der Waals surface area contributed by atoms with Crippen LogP contribution in [0.2, 0.25) is 0 Å². The molecule has 0 saturated carbocycles. The zero-order valence-electron chi connectivity index (χ0n) is 12.7. The monoisotopic (exact) mass is 296 g/mol. The molecule has 1 aliphatic heterocycles. The first kappa shape index (κ1) is 14.4. The van der Waals surface area contributed by atoms with Crippen LogP contribution in [0.3, 0.4) is 0 Å². The van der Waals surface area contributed by atoms with E-state index in [-0.39, 0.29) is 0 Å². The molecule has 1 fully saturated rings. The zero-order chi connectivity index (χ0) is 15.4. The number of hydrogen-bond donors (Lipinski definition) is 0. The Balaban J connectivity index is 1.75. The minimum Gasteiger partial charge on any atom is -0.497 e. The van der Waals surface area contributed by atoms with Gasteiger partial charge in [0, 0.05) is 43.5 Å². The summed E-state index contributed by atoms with van der Waals surface area (Å²) in [4.78, 5) is 15.9. The van der Waals surface area contributed by atoms with E-state index in [2.05, 4.69) is 34.1 Å². The highest BCUT2D eigenvalue weighted by Crippen LogP contribution is 2.27. The molecule has 0 N–H and O–H groups in total. The standard InChI is InChI=1S/C18H20N2O2/c1-22-17-8-7-15(14-21)18(13-17)20-11-9-19(10-12-20)16-5-3-2-4-6-16/h2-8,13-14H,9-12H2,1H3. The summed E-state index contributed by atoms with van der Waals surface area (Å²) >= 11 is 0. The first-order chi connectivity index (χ1) is 10.8. The number of aldehydes is 1. The van der Waals surface area contributed by atoms with Gasteiger partial charge in [-0.3, -0.25) is 4.79 Å². The molecular weight excluding hydrogens is 276 g/mol. The Morgan fingerprint density at radius 2 is 1.64 bits per heavy atom. The van der Waals surface area contributed by atoms with Crippen LogP contribution in [0.4, 0.5) is 11.4 Å². The first-order valence-corrected chi connectivity index (χ1v) is 7.50. The molecule has 1 saturated heterocycles. The fourth-order valence-corrected chi connectivity index (χ4v) is 2.87. The maximum Gasteiger partial charge on any atom is 0.152 e. The second-order valence-corrected chi connectivity index (χ2v) is 5.35. The number of piperazine rings is 1. The Morgan fingerprint density at radius 3 is 2.27 bits per heavy atom. The van der Waals surface area contributed by atoms with Crippen molar-refractivity contribution in [3.63, 3.8) is 0 Å². The van der Waals surface area contributed by atoms with Gasteiger partial charge >= 0.3 is 0 Å². The van der Waals surface area contributed by atoms with Crippen molar-refractivity contribution in [1.82, 2.24) is 0 Å². The number of hydrogen-bond acceptors (Lipinski definition) is 4. The molecule has 3 rings (SSSR count). The van der Waals surface area contributed by atoms with Gasteiger partial charge < -0.3 is 14.5 Å². The maximum absolute atomic E-state index is 11.3. The van der Waals surface area contributed by atoms with E-state index in [4.69, 9.17) is 4.74 Å². The summed E-state index contributed by atoms with van der Waals surface area (Å²) in [5, 5.41) is 0. The van der Waals surface area contributed by atoms with Gasteiger partial charge in [0.05, 0.1) is 12.8 Å². The van der Waals surface area contributed by atoms with Gasteiger partial charge in [0.15, 0.2) is 6.29 Å². The van der Waals surface area contributed by atoms with Crippen molar-refractivity contribution in [2.24, 2.45) is 0 Å². The smallest absolute Gasteiger partial charge is 0.152 e. The van der Waals surface area contributed by atoms with Crippen molar-refractivity contribution >= 4 is 17.7 Å². The highest BCUT2D eigenvalue weighted by Gasteiger charge is 2.19. The molecule has 2 aromatic rings. The lowest BCUT2D eigenvalue weighted by atomic mass is 10.1. The third kappa shape index (κ3) is 2.91. The SMILES string of the molecule is COc1ccc(C=O)c(N2CCN(c3ccccc3)CC2)c1. The van der Waals surface area contributed by atoms with Gasteiger partial charge in [-0.2, -0.15) is 0 Å². The van der Waals surface area contributed by atoms with E-state index in [1.807, 2.05) is 24.3 Å². The Kier molecular flexibility index (Phi) is 4.28. The molecule has 4 nitrogen and oxygen atoms in total. The lowest BCUT2D eigenvalue weighted by Gasteiger charge is -2.38. The number of rotatable bonds is 4. The van der Waals surface area contributed by atoms with Crippen LogP contribution < -0.4 is 14.5 Å². The molecule has 0 atom stereocenters. The third-order valence-corrected chi connectivity index (χ3v) is 4.11. The van der Waals surface area contributed by atoms with E-state index in [1.165, 1.54) is 5.69 Å². The number of benzene rings is 2. The van der Waals surface area contributed by atoms with Gasteiger partial charge in [0.1, 0.15) is 5.75 Å². The fraction of sp³-hybridized carbons (Fsp3) is 0.278. The first-order valence-electron chi connectivity index (χ1n) is 7.50. The molecule has 22 heavy (non-hydrogen) atoms. The molecule has 0 spiro atoms. The molecule has 114 valence electrons. The maximum atomic E-state index is 11.3. The van der Waals surface area contributed by atoms with E-state index in [1.54, 1.807) is 7.11 Å². The summed E-state index contributed by atoms with van der Waals surface area (Å²) in [7, 11) is 1.65. The highest BCUT2D eigenvalue weighted by molar-refractivity contribution is 5.85. The molecule has 4 heteroatoms. The molecular formula is C18H20N2O2. The summed E-state index contributed by atoms with van der Waals surface area (Å²) in [6.07, 6.45) is 0.915. The van der Waals surface area contributed by atoms with Crippen LogP contribution in [0.15, 0.2) is 48.5 Å². The molecule has 2 aromatic carbocycles.